The zero-order chi connectivity index (χ0) is 12.0. The zero-order valence-corrected chi connectivity index (χ0v) is 10.8. The average Bonchev–Trinajstić information content (AvgIpc) is 2.83. The fraction of sp³-hybridized carbons (Fsp3) is 0.0833. The van der Waals surface area contributed by atoms with Crippen LogP contribution in [0.2, 0.25) is 0 Å². The third kappa shape index (κ3) is 1.63. The number of hydrogen-bond acceptors (Lipinski definition) is 2. The number of fused-ring (bicyclic) bond motifs is 1. The summed E-state index contributed by atoms with van der Waals surface area (Å²) in [5, 5.41) is 8.08. The predicted octanol–water partition coefficient (Wildman–Crippen LogP) is 2.91. The summed E-state index contributed by atoms with van der Waals surface area (Å²) < 4.78 is 3.15. The van der Waals surface area contributed by atoms with Crippen LogP contribution in [0, 0.1) is 0 Å². The molecule has 0 saturated heterocycles. The van der Waals surface area contributed by atoms with Crippen LogP contribution in [0.5, 0.6) is 0 Å². The normalized spacial score (nSPS) is 11.2. The first-order chi connectivity index (χ1) is 8.15. The molecule has 2 heterocycles. The van der Waals surface area contributed by atoms with E-state index in [1.807, 2.05) is 19.2 Å². The van der Waals surface area contributed by atoms with E-state index in [1.54, 1.807) is 0 Å². The SMILES string of the molecule is Cn1cc(-c2cc(N)n[nH]2)c2cc(Br)ccc21. The summed E-state index contributed by atoms with van der Waals surface area (Å²) in [4.78, 5) is 0. The molecular weight excluding hydrogens is 280 g/mol. The fourth-order valence-corrected chi connectivity index (χ4v) is 2.42. The molecule has 2 aromatic heterocycles. The van der Waals surface area contributed by atoms with Gasteiger partial charge in [0, 0.05) is 40.2 Å². The predicted molar refractivity (Wildman–Crippen MR) is 72.6 cm³/mol. The van der Waals surface area contributed by atoms with Gasteiger partial charge >= 0.3 is 0 Å². The maximum Gasteiger partial charge on any atom is 0.145 e. The molecular formula is C12H11BrN4. The number of halogens is 1. The van der Waals surface area contributed by atoms with E-state index < -0.39 is 0 Å². The highest BCUT2D eigenvalue weighted by Crippen LogP contribution is 2.31. The van der Waals surface area contributed by atoms with Crippen LogP contribution in [0.4, 0.5) is 5.82 Å². The van der Waals surface area contributed by atoms with Crippen molar-refractivity contribution >= 4 is 32.7 Å². The van der Waals surface area contributed by atoms with E-state index in [0.717, 1.165) is 15.7 Å². The molecule has 3 N–H and O–H groups in total. The Morgan fingerprint density at radius 1 is 1.35 bits per heavy atom. The van der Waals surface area contributed by atoms with Gasteiger partial charge < -0.3 is 10.3 Å². The topological polar surface area (TPSA) is 59.6 Å². The van der Waals surface area contributed by atoms with Crippen molar-refractivity contribution in [1.29, 1.82) is 0 Å². The molecule has 0 atom stereocenters. The van der Waals surface area contributed by atoms with Gasteiger partial charge in [-0.15, -0.1) is 0 Å². The fourth-order valence-electron chi connectivity index (χ4n) is 2.05. The van der Waals surface area contributed by atoms with Gasteiger partial charge in [0.05, 0.1) is 5.69 Å². The van der Waals surface area contributed by atoms with Crippen molar-refractivity contribution in [2.75, 3.05) is 5.73 Å². The second-order valence-corrected chi connectivity index (χ2v) is 4.94. The summed E-state index contributed by atoms with van der Waals surface area (Å²) >= 11 is 3.49. The Morgan fingerprint density at radius 3 is 2.88 bits per heavy atom. The third-order valence-corrected chi connectivity index (χ3v) is 3.33. The highest BCUT2D eigenvalue weighted by Gasteiger charge is 2.10. The van der Waals surface area contributed by atoms with E-state index >= 15 is 0 Å². The van der Waals surface area contributed by atoms with Crippen molar-refractivity contribution in [1.82, 2.24) is 14.8 Å². The number of H-pyrrole nitrogens is 1. The molecule has 86 valence electrons. The lowest BCUT2D eigenvalue weighted by Crippen LogP contribution is -1.82. The number of nitrogen functional groups attached to an aromatic ring is 1. The van der Waals surface area contributed by atoms with Gasteiger partial charge in [-0.25, -0.2) is 0 Å². The van der Waals surface area contributed by atoms with Crippen LogP contribution in [-0.4, -0.2) is 14.8 Å². The number of nitrogens with one attached hydrogen (secondary N) is 1. The van der Waals surface area contributed by atoms with E-state index in [-0.39, 0.29) is 0 Å². The van der Waals surface area contributed by atoms with E-state index in [9.17, 15) is 0 Å². The number of aromatic amines is 1. The Balaban J connectivity index is 2.33. The molecule has 4 nitrogen and oxygen atoms in total. The summed E-state index contributed by atoms with van der Waals surface area (Å²) in [6.07, 6.45) is 2.07. The first-order valence-corrected chi connectivity index (χ1v) is 6.00. The van der Waals surface area contributed by atoms with Crippen LogP contribution < -0.4 is 5.73 Å². The molecule has 0 spiro atoms. The van der Waals surface area contributed by atoms with E-state index in [1.165, 1.54) is 10.9 Å². The summed E-state index contributed by atoms with van der Waals surface area (Å²) in [5.74, 6) is 0.506. The molecule has 3 aromatic rings. The van der Waals surface area contributed by atoms with Crippen LogP contribution in [0.3, 0.4) is 0 Å². The lowest BCUT2D eigenvalue weighted by molar-refractivity contribution is 0.969. The van der Waals surface area contributed by atoms with Crippen LogP contribution in [-0.2, 0) is 7.05 Å². The number of rotatable bonds is 1. The molecule has 1 aromatic carbocycles. The number of hydrogen-bond donors (Lipinski definition) is 2. The Labute approximate surface area is 107 Å². The maximum atomic E-state index is 5.64. The third-order valence-electron chi connectivity index (χ3n) is 2.84. The minimum absolute atomic E-state index is 0.506. The highest BCUT2D eigenvalue weighted by atomic mass is 79.9. The van der Waals surface area contributed by atoms with Gasteiger partial charge in [0.15, 0.2) is 0 Å². The molecule has 0 bridgehead atoms. The van der Waals surface area contributed by atoms with Crippen LogP contribution in [0.25, 0.3) is 22.2 Å². The molecule has 0 amide bonds. The molecule has 0 radical (unpaired) electrons. The van der Waals surface area contributed by atoms with Crippen molar-refractivity contribution in [3.63, 3.8) is 0 Å². The molecule has 0 aliphatic rings. The molecule has 0 aliphatic carbocycles. The minimum Gasteiger partial charge on any atom is -0.382 e. The maximum absolute atomic E-state index is 5.64. The first kappa shape index (κ1) is 10.4. The lowest BCUT2D eigenvalue weighted by Gasteiger charge is -1.96. The standard InChI is InChI=1S/C12H11BrN4/c1-17-6-9(10-5-12(14)16-15-10)8-4-7(13)2-3-11(8)17/h2-6H,1H3,(H3,14,15,16). The van der Waals surface area contributed by atoms with Crippen molar-refractivity contribution in [3.05, 3.63) is 34.9 Å². The lowest BCUT2D eigenvalue weighted by atomic mass is 10.1. The molecule has 0 fully saturated rings. The summed E-state index contributed by atoms with van der Waals surface area (Å²) in [7, 11) is 2.03. The van der Waals surface area contributed by atoms with Gasteiger partial charge in [-0.05, 0) is 18.2 Å². The van der Waals surface area contributed by atoms with Crippen molar-refractivity contribution in [3.8, 4) is 11.3 Å². The van der Waals surface area contributed by atoms with Gasteiger partial charge in [0.2, 0.25) is 0 Å². The Bertz CT molecular complexity index is 696. The number of nitrogens with zero attached hydrogens (tertiary/aromatic N) is 2. The number of nitrogens with two attached hydrogens (primary N) is 1. The van der Waals surface area contributed by atoms with Gasteiger partial charge in [-0.3, -0.25) is 5.10 Å². The van der Waals surface area contributed by atoms with E-state index in [4.69, 9.17) is 5.73 Å². The van der Waals surface area contributed by atoms with Crippen LogP contribution >= 0.6 is 15.9 Å². The minimum atomic E-state index is 0.506. The molecule has 0 aliphatic heterocycles. The second-order valence-electron chi connectivity index (χ2n) is 4.02. The average molecular weight is 291 g/mol. The molecule has 0 saturated carbocycles. The number of benzene rings is 1. The first-order valence-electron chi connectivity index (χ1n) is 5.21. The smallest absolute Gasteiger partial charge is 0.145 e. The van der Waals surface area contributed by atoms with Gasteiger partial charge in [0.1, 0.15) is 5.82 Å². The Hall–Kier alpha value is -1.75. The Kier molecular flexibility index (Phi) is 2.22. The van der Waals surface area contributed by atoms with Crippen LogP contribution in [0.1, 0.15) is 0 Å². The van der Waals surface area contributed by atoms with Crippen LogP contribution in [0.15, 0.2) is 34.9 Å². The second kappa shape index (κ2) is 3.63. The molecule has 5 heteroatoms. The molecule has 3 rings (SSSR count). The highest BCUT2D eigenvalue weighted by molar-refractivity contribution is 9.10. The summed E-state index contributed by atoms with van der Waals surface area (Å²) in [6.45, 7) is 0. The number of anilines is 1. The van der Waals surface area contributed by atoms with E-state index in [0.29, 0.717) is 5.82 Å². The van der Waals surface area contributed by atoms with Gasteiger partial charge in [0.25, 0.3) is 0 Å². The molecule has 0 unspecified atom stereocenters. The van der Waals surface area contributed by atoms with E-state index in [2.05, 4.69) is 49.0 Å². The number of aromatic nitrogens is 3. The molecule has 17 heavy (non-hydrogen) atoms. The monoisotopic (exact) mass is 290 g/mol. The van der Waals surface area contributed by atoms with Crippen molar-refractivity contribution in [2.24, 2.45) is 7.05 Å². The van der Waals surface area contributed by atoms with Crippen molar-refractivity contribution < 1.29 is 0 Å². The summed E-state index contributed by atoms with van der Waals surface area (Å²) in [6, 6.07) is 8.06. The zero-order valence-electron chi connectivity index (χ0n) is 9.24. The van der Waals surface area contributed by atoms with Gasteiger partial charge in [-0.2, -0.15) is 5.10 Å². The summed E-state index contributed by atoms with van der Waals surface area (Å²) in [5.41, 5.74) is 8.86. The van der Waals surface area contributed by atoms with Crippen molar-refractivity contribution in [2.45, 2.75) is 0 Å². The van der Waals surface area contributed by atoms with Gasteiger partial charge in [-0.1, -0.05) is 15.9 Å². The number of aryl methyl sites for hydroxylation is 1. The quantitative estimate of drug-likeness (QED) is 0.724. The Morgan fingerprint density at radius 2 is 2.18 bits per heavy atom. The largest absolute Gasteiger partial charge is 0.382 e.